The van der Waals surface area contributed by atoms with Gasteiger partial charge in [0.15, 0.2) is 0 Å². The van der Waals surface area contributed by atoms with Crippen LogP contribution in [0.3, 0.4) is 0 Å². The van der Waals surface area contributed by atoms with Gasteiger partial charge >= 0.3 is 0 Å². The molecule has 0 radical (unpaired) electrons. The fourth-order valence-electron chi connectivity index (χ4n) is 2.19. The predicted molar refractivity (Wildman–Crippen MR) is 73.9 cm³/mol. The minimum atomic E-state index is 0.655. The van der Waals surface area contributed by atoms with E-state index in [4.69, 9.17) is 0 Å². The van der Waals surface area contributed by atoms with Crippen molar-refractivity contribution in [1.82, 2.24) is 10.2 Å². The van der Waals surface area contributed by atoms with Crippen molar-refractivity contribution in [2.24, 2.45) is 11.8 Å². The lowest BCUT2D eigenvalue weighted by molar-refractivity contribution is 0.196. The molecule has 98 valence electrons. The van der Waals surface area contributed by atoms with Crippen LogP contribution in [-0.2, 0) is 0 Å². The van der Waals surface area contributed by atoms with E-state index in [0.29, 0.717) is 6.04 Å². The number of likely N-dealkylation sites (N-methyl/N-ethyl adjacent to an activating group) is 1. The van der Waals surface area contributed by atoms with E-state index in [9.17, 15) is 0 Å². The summed E-state index contributed by atoms with van der Waals surface area (Å²) in [5, 5.41) is 3.57. The molecule has 0 aliphatic rings. The zero-order valence-electron chi connectivity index (χ0n) is 12.2. The summed E-state index contributed by atoms with van der Waals surface area (Å²) in [7, 11) is 0. The topological polar surface area (TPSA) is 15.3 Å². The second-order valence-corrected chi connectivity index (χ2v) is 5.67. The third-order valence-electron chi connectivity index (χ3n) is 2.71. The molecule has 0 aromatic heterocycles. The summed E-state index contributed by atoms with van der Waals surface area (Å²) in [6, 6.07) is 0.655. The van der Waals surface area contributed by atoms with Crippen molar-refractivity contribution in [1.29, 1.82) is 0 Å². The van der Waals surface area contributed by atoms with Crippen molar-refractivity contribution in [3.05, 3.63) is 0 Å². The Kier molecular flexibility index (Phi) is 8.96. The number of nitrogens with zero attached hydrogens (tertiary/aromatic N) is 1. The van der Waals surface area contributed by atoms with Crippen LogP contribution in [0.15, 0.2) is 0 Å². The Morgan fingerprint density at radius 1 is 0.875 bits per heavy atom. The van der Waals surface area contributed by atoms with E-state index < -0.39 is 0 Å². The Labute approximate surface area is 103 Å². The molecule has 0 rings (SSSR count). The van der Waals surface area contributed by atoms with Gasteiger partial charge in [-0.05, 0) is 24.8 Å². The molecule has 0 aliphatic heterocycles. The Morgan fingerprint density at radius 3 is 1.69 bits per heavy atom. The van der Waals surface area contributed by atoms with Gasteiger partial charge in [-0.15, -0.1) is 0 Å². The number of hydrogen-bond donors (Lipinski definition) is 1. The normalized spacial score (nSPS) is 14.1. The molecule has 0 bridgehead atoms. The maximum atomic E-state index is 3.57. The lowest BCUT2D eigenvalue weighted by Gasteiger charge is -2.30. The average Bonchev–Trinajstić information content (AvgIpc) is 2.14. The molecule has 0 aliphatic carbocycles. The maximum Gasteiger partial charge on any atom is 0.0192 e. The standard InChI is InChI=1S/C14H32N2/c1-7-14(15-8-2)11-16(9-12(3)4)10-13(5)6/h12-15H,7-11H2,1-6H3. The van der Waals surface area contributed by atoms with Gasteiger partial charge in [-0.1, -0.05) is 41.5 Å². The zero-order chi connectivity index (χ0) is 12.6. The van der Waals surface area contributed by atoms with E-state index >= 15 is 0 Å². The van der Waals surface area contributed by atoms with Crippen molar-refractivity contribution < 1.29 is 0 Å². The lowest BCUT2D eigenvalue weighted by atomic mass is 10.1. The molecule has 1 unspecified atom stereocenters. The highest BCUT2D eigenvalue weighted by atomic mass is 15.1. The molecule has 0 fully saturated rings. The third-order valence-corrected chi connectivity index (χ3v) is 2.71. The van der Waals surface area contributed by atoms with Crippen molar-refractivity contribution in [3.8, 4) is 0 Å². The minimum absolute atomic E-state index is 0.655. The monoisotopic (exact) mass is 228 g/mol. The van der Waals surface area contributed by atoms with Gasteiger partial charge in [0.05, 0.1) is 0 Å². The quantitative estimate of drug-likeness (QED) is 0.652. The maximum absolute atomic E-state index is 3.57. The van der Waals surface area contributed by atoms with E-state index in [1.807, 2.05) is 0 Å². The lowest BCUT2D eigenvalue weighted by Crippen LogP contribution is -2.43. The summed E-state index contributed by atoms with van der Waals surface area (Å²) in [5.41, 5.74) is 0. The second kappa shape index (κ2) is 9.00. The Balaban J connectivity index is 4.15. The summed E-state index contributed by atoms with van der Waals surface area (Å²) in [5.74, 6) is 1.52. The van der Waals surface area contributed by atoms with Gasteiger partial charge in [-0.2, -0.15) is 0 Å². The summed E-state index contributed by atoms with van der Waals surface area (Å²) < 4.78 is 0. The highest BCUT2D eigenvalue weighted by Crippen LogP contribution is 2.06. The van der Waals surface area contributed by atoms with E-state index in [2.05, 4.69) is 51.8 Å². The predicted octanol–water partition coefficient (Wildman–Crippen LogP) is 2.99. The van der Waals surface area contributed by atoms with Crippen LogP contribution in [0.2, 0.25) is 0 Å². The van der Waals surface area contributed by atoms with Crippen LogP contribution in [0, 0.1) is 11.8 Å². The van der Waals surface area contributed by atoms with Gasteiger partial charge in [-0.25, -0.2) is 0 Å². The number of nitrogens with one attached hydrogen (secondary N) is 1. The average molecular weight is 228 g/mol. The minimum Gasteiger partial charge on any atom is -0.313 e. The van der Waals surface area contributed by atoms with Crippen molar-refractivity contribution in [2.45, 2.75) is 54.0 Å². The molecule has 1 atom stereocenters. The molecule has 0 aromatic rings. The molecule has 0 amide bonds. The molecule has 0 saturated heterocycles. The summed E-state index contributed by atoms with van der Waals surface area (Å²) in [6.45, 7) is 18.4. The van der Waals surface area contributed by atoms with E-state index in [1.165, 1.54) is 26.1 Å². The van der Waals surface area contributed by atoms with Gasteiger partial charge in [0.2, 0.25) is 0 Å². The van der Waals surface area contributed by atoms with Crippen LogP contribution in [0.4, 0.5) is 0 Å². The first-order chi connectivity index (χ1) is 7.49. The fraction of sp³-hybridized carbons (Fsp3) is 1.00. The van der Waals surface area contributed by atoms with Crippen molar-refractivity contribution in [3.63, 3.8) is 0 Å². The first-order valence-electron chi connectivity index (χ1n) is 6.95. The van der Waals surface area contributed by atoms with Crippen LogP contribution in [0.5, 0.6) is 0 Å². The molecule has 2 heteroatoms. The van der Waals surface area contributed by atoms with Gasteiger partial charge in [0.1, 0.15) is 0 Å². The summed E-state index contributed by atoms with van der Waals surface area (Å²) in [6.07, 6.45) is 1.22. The molecule has 1 N–H and O–H groups in total. The fourth-order valence-corrected chi connectivity index (χ4v) is 2.19. The van der Waals surface area contributed by atoms with Gasteiger partial charge in [0, 0.05) is 25.7 Å². The number of rotatable bonds is 9. The molecule has 0 saturated carbocycles. The smallest absolute Gasteiger partial charge is 0.0192 e. The van der Waals surface area contributed by atoms with Crippen LogP contribution in [-0.4, -0.2) is 37.1 Å². The van der Waals surface area contributed by atoms with Crippen molar-refractivity contribution in [2.75, 3.05) is 26.2 Å². The first-order valence-corrected chi connectivity index (χ1v) is 6.95. The highest BCUT2D eigenvalue weighted by Gasteiger charge is 2.14. The molecule has 0 spiro atoms. The molecule has 0 aromatic carbocycles. The summed E-state index contributed by atoms with van der Waals surface area (Å²) >= 11 is 0. The summed E-state index contributed by atoms with van der Waals surface area (Å²) in [4.78, 5) is 2.62. The molecular formula is C14H32N2. The van der Waals surface area contributed by atoms with Crippen LogP contribution in [0.25, 0.3) is 0 Å². The van der Waals surface area contributed by atoms with Gasteiger partial charge in [-0.3, -0.25) is 0 Å². The first kappa shape index (κ1) is 15.9. The Bertz CT molecular complexity index is 145. The Hall–Kier alpha value is -0.0800. The third kappa shape index (κ3) is 8.12. The molecule has 0 heterocycles. The molecule has 2 nitrogen and oxygen atoms in total. The molecule has 16 heavy (non-hydrogen) atoms. The molecular weight excluding hydrogens is 196 g/mol. The SMILES string of the molecule is CCNC(CC)CN(CC(C)C)CC(C)C. The second-order valence-electron chi connectivity index (χ2n) is 5.67. The van der Waals surface area contributed by atoms with Crippen molar-refractivity contribution >= 4 is 0 Å². The zero-order valence-corrected chi connectivity index (χ0v) is 12.2. The van der Waals surface area contributed by atoms with Gasteiger partial charge in [0.25, 0.3) is 0 Å². The van der Waals surface area contributed by atoms with Gasteiger partial charge < -0.3 is 10.2 Å². The van der Waals surface area contributed by atoms with E-state index in [1.54, 1.807) is 0 Å². The largest absolute Gasteiger partial charge is 0.313 e. The highest BCUT2D eigenvalue weighted by molar-refractivity contribution is 4.72. The van der Waals surface area contributed by atoms with Crippen LogP contribution < -0.4 is 5.32 Å². The van der Waals surface area contributed by atoms with E-state index in [-0.39, 0.29) is 0 Å². The van der Waals surface area contributed by atoms with E-state index in [0.717, 1.165) is 18.4 Å². The number of hydrogen-bond acceptors (Lipinski definition) is 2. The van der Waals surface area contributed by atoms with Crippen LogP contribution >= 0.6 is 0 Å². The van der Waals surface area contributed by atoms with Crippen LogP contribution in [0.1, 0.15) is 48.0 Å². The Morgan fingerprint density at radius 2 is 1.38 bits per heavy atom.